The minimum Gasteiger partial charge on any atom is -0.396 e. The maximum Gasteiger partial charge on any atom is 0.0754 e. The lowest BCUT2D eigenvalue weighted by molar-refractivity contribution is 0.136. The van der Waals surface area contributed by atoms with E-state index in [0.717, 1.165) is 38.3 Å². The molecule has 0 aliphatic carbocycles. The molecule has 2 atom stereocenters. The van der Waals surface area contributed by atoms with Gasteiger partial charge in [-0.2, -0.15) is 0 Å². The molecule has 2 aromatic rings. The predicted octanol–water partition coefficient (Wildman–Crippen LogP) is 2.47. The van der Waals surface area contributed by atoms with Crippen molar-refractivity contribution in [2.45, 2.75) is 13.8 Å². The van der Waals surface area contributed by atoms with Crippen LogP contribution in [-0.2, 0) is 4.74 Å². The van der Waals surface area contributed by atoms with Crippen LogP contribution in [0.2, 0.25) is 0 Å². The molecule has 5 nitrogen and oxygen atoms in total. The second kappa shape index (κ2) is 8.33. The van der Waals surface area contributed by atoms with Crippen LogP contribution in [0.1, 0.15) is 11.1 Å². The Labute approximate surface area is 156 Å². The first-order chi connectivity index (χ1) is 12.5. The minimum absolute atomic E-state index is 0.237. The first-order valence-corrected chi connectivity index (χ1v) is 9.43. The van der Waals surface area contributed by atoms with E-state index in [-0.39, 0.29) is 6.61 Å². The lowest BCUT2D eigenvalue weighted by Gasteiger charge is -2.24. The normalized spacial score (nSPS) is 20.5. The summed E-state index contributed by atoms with van der Waals surface area (Å²) in [5.41, 5.74) is 4.84. The third kappa shape index (κ3) is 3.85. The number of hydrogen-bond acceptors (Lipinski definition) is 5. The molecule has 0 unspecified atom stereocenters. The van der Waals surface area contributed by atoms with Crippen LogP contribution in [0.4, 0.5) is 5.69 Å². The van der Waals surface area contributed by atoms with Crippen molar-refractivity contribution >= 4 is 16.6 Å². The van der Waals surface area contributed by atoms with E-state index < -0.39 is 0 Å². The highest BCUT2D eigenvalue weighted by Crippen LogP contribution is 2.34. The number of aliphatic hydroxyl groups is 1. The van der Waals surface area contributed by atoms with Crippen LogP contribution in [0.3, 0.4) is 0 Å². The Morgan fingerprint density at radius 3 is 2.73 bits per heavy atom. The fraction of sp³-hybridized carbons (Fsp3) is 0.571. The molecule has 0 bridgehead atoms. The summed E-state index contributed by atoms with van der Waals surface area (Å²) in [5.74, 6) is 0.756. The van der Waals surface area contributed by atoms with Gasteiger partial charge in [0, 0.05) is 63.1 Å². The lowest BCUT2D eigenvalue weighted by Crippen LogP contribution is -2.33. The fourth-order valence-corrected chi connectivity index (χ4v) is 4.01. The number of nitrogens with zero attached hydrogens (tertiary/aromatic N) is 3. The molecule has 1 saturated heterocycles. The fourth-order valence-electron chi connectivity index (χ4n) is 4.01. The minimum atomic E-state index is 0.237. The van der Waals surface area contributed by atoms with Crippen molar-refractivity contribution in [1.29, 1.82) is 0 Å². The van der Waals surface area contributed by atoms with Gasteiger partial charge in [0.1, 0.15) is 0 Å². The summed E-state index contributed by atoms with van der Waals surface area (Å²) in [6.07, 6.45) is 1.91. The van der Waals surface area contributed by atoms with E-state index in [0.29, 0.717) is 11.8 Å². The summed E-state index contributed by atoms with van der Waals surface area (Å²) in [4.78, 5) is 9.34. The monoisotopic (exact) mass is 357 g/mol. The van der Waals surface area contributed by atoms with Gasteiger partial charge in [0.15, 0.2) is 0 Å². The second-order valence-corrected chi connectivity index (χ2v) is 7.60. The van der Waals surface area contributed by atoms with E-state index >= 15 is 0 Å². The summed E-state index contributed by atoms with van der Waals surface area (Å²) >= 11 is 0. The number of benzene rings is 1. The number of aryl methyl sites for hydroxylation is 2. The zero-order chi connectivity index (χ0) is 18.7. The summed E-state index contributed by atoms with van der Waals surface area (Å²) in [6, 6.07) is 6.48. The zero-order valence-corrected chi connectivity index (χ0v) is 16.4. The molecular formula is C21H31N3O2. The molecule has 1 aromatic heterocycles. The van der Waals surface area contributed by atoms with Gasteiger partial charge >= 0.3 is 0 Å². The molecule has 1 N–H and O–H groups in total. The molecule has 2 heterocycles. The highest BCUT2D eigenvalue weighted by molar-refractivity contribution is 5.94. The molecule has 142 valence electrons. The van der Waals surface area contributed by atoms with E-state index in [1.807, 2.05) is 6.20 Å². The van der Waals surface area contributed by atoms with Gasteiger partial charge in [0.2, 0.25) is 0 Å². The summed E-state index contributed by atoms with van der Waals surface area (Å²) in [6.45, 7) is 9.01. The van der Waals surface area contributed by atoms with E-state index in [2.05, 4.69) is 53.9 Å². The molecule has 5 heteroatoms. The SMILES string of the molecule is COCCN(C)C[C@@H]1CN(c2ccnc3c(C)c(C)ccc23)C[C@@H]1CO. The molecule has 0 spiro atoms. The molecule has 26 heavy (non-hydrogen) atoms. The lowest BCUT2D eigenvalue weighted by atomic mass is 9.96. The average Bonchev–Trinajstić information content (AvgIpc) is 3.05. The third-order valence-electron chi connectivity index (χ3n) is 5.79. The Balaban J connectivity index is 1.82. The largest absolute Gasteiger partial charge is 0.396 e. The molecule has 0 saturated carbocycles. The van der Waals surface area contributed by atoms with Crippen LogP contribution in [-0.4, -0.2) is 68.5 Å². The molecule has 1 aliphatic heterocycles. The topological polar surface area (TPSA) is 48.8 Å². The van der Waals surface area contributed by atoms with Crippen LogP contribution in [0.25, 0.3) is 10.9 Å². The van der Waals surface area contributed by atoms with Gasteiger partial charge in [-0.1, -0.05) is 12.1 Å². The van der Waals surface area contributed by atoms with Crippen LogP contribution >= 0.6 is 0 Å². The number of rotatable bonds is 7. The van der Waals surface area contributed by atoms with Crippen molar-refractivity contribution in [2.24, 2.45) is 11.8 Å². The quantitative estimate of drug-likeness (QED) is 0.825. The smallest absolute Gasteiger partial charge is 0.0754 e. The van der Waals surface area contributed by atoms with Gasteiger partial charge in [-0.15, -0.1) is 0 Å². The Morgan fingerprint density at radius 2 is 2.00 bits per heavy atom. The number of aromatic nitrogens is 1. The Morgan fingerprint density at radius 1 is 1.23 bits per heavy atom. The predicted molar refractivity (Wildman–Crippen MR) is 107 cm³/mol. The molecule has 0 amide bonds. The molecular weight excluding hydrogens is 326 g/mol. The first kappa shape index (κ1) is 19.1. The van der Waals surface area contributed by atoms with E-state index in [1.165, 1.54) is 22.2 Å². The number of pyridine rings is 1. The van der Waals surface area contributed by atoms with Crippen molar-refractivity contribution in [3.8, 4) is 0 Å². The average molecular weight is 357 g/mol. The summed E-state index contributed by atoms with van der Waals surface area (Å²) < 4.78 is 5.18. The number of methoxy groups -OCH3 is 1. The Kier molecular flexibility index (Phi) is 6.12. The highest BCUT2D eigenvalue weighted by Gasteiger charge is 2.33. The van der Waals surface area contributed by atoms with Crippen molar-refractivity contribution < 1.29 is 9.84 Å². The van der Waals surface area contributed by atoms with E-state index in [4.69, 9.17) is 4.74 Å². The van der Waals surface area contributed by atoms with Crippen LogP contribution in [0, 0.1) is 25.7 Å². The first-order valence-electron chi connectivity index (χ1n) is 9.43. The standard InChI is InChI=1S/C21H31N3O2/c1-15-5-6-19-20(7-8-22-21(19)16(15)2)24-12-17(18(13-24)14-25)11-23(3)9-10-26-4/h5-8,17-18,25H,9-14H2,1-4H3/t17-,18-/m1/s1. The molecule has 3 rings (SSSR count). The third-order valence-corrected chi connectivity index (χ3v) is 5.79. The number of likely N-dealkylation sites (N-methyl/N-ethyl adjacent to an activating group) is 1. The Hall–Kier alpha value is -1.69. The van der Waals surface area contributed by atoms with Gasteiger partial charge in [-0.05, 0) is 44.0 Å². The van der Waals surface area contributed by atoms with Crippen molar-refractivity contribution in [3.05, 3.63) is 35.5 Å². The maximum absolute atomic E-state index is 9.90. The summed E-state index contributed by atoms with van der Waals surface area (Å²) in [7, 11) is 3.87. The van der Waals surface area contributed by atoms with Crippen molar-refractivity contribution in [3.63, 3.8) is 0 Å². The highest BCUT2D eigenvalue weighted by atomic mass is 16.5. The maximum atomic E-state index is 9.90. The molecule has 0 radical (unpaired) electrons. The van der Waals surface area contributed by atoms with E-state index in [1.54, 1.807) is 7.11 Å². The molecule has 1 fully saturated rings. The number of ether oxygens (including phenoxy) is 1. The Bertz CT molecular complexity index is 749. The van der Waals surface area contributed by atoms with Gasteiger partial charge in [-0.3, -0.25) is 4.98 Å². The van der Waals surface area contributed by atoms with Gasteiger partial charge in [-0.25, -0.2) is 0 Å². The molecule has 1 aliphatic rings. The zero-order valence-electron chi connectivity index (χ0n) is 16.4. The van der Waals surface area contributed by atoms with Gasteiger partial charge < -0.3 is 19.6 Å². The molecule has 1 aromatic carbocycles. The number of hydrogen-bond donors (Lipinski definition) is 1. The van der Waals surface area contributed by atoms with Crippen LogP contribution < -0.4 is 4.90 Å². The van der Waals surface area contributed by atoms with Crippen molar-refractivity contribution in [2.75, 3.05) is 58.5 Å². The number of anilines is 1. The second-order valence-electron chi connectivity index (χ2n) is 7.60. The van der Waals surface area contributed by atoms with Crippen molar-refractivity contribution in [1.82, 2.24) is 9.88 Å². The van der Waals surface area contributed by atoms with E-state index in [9.17, 15) is 5.11 Å². The van der Waals surface area contributed by atoms with Crippen LogP contribution in [0.5, 0.6) is 0 Å². The van der Waals surface area contributed by atoms with Gasteiger partial charge in [0.25, 0.3) is 0 Å². The number of fused-ring (bicyclic) bond motifs is 1. The number of aliphatic hydroxyl groups excluding tert-OH is 1. The van der Waals surface area contributed by atoms with Crippen LogP contribution in [0.15, 0.2) is 24.4 Å². The summed E-state index contributed by atoms with van der Waals surface area (Å²) in [5, 5.41) is 11.1. The van der Waals surface area contributed by atoms with Gasteiger partial charge in [0.05, 0.1) is 12.1 Å².